The van der Waals surface area contributed by atoms with Gasteiger partial charge in [-0.15, -0.1) is 11.8 Å². The lowest BCUT2D eigenvalue weighted by atomic mass is 10.5. The minimum Gasteiger partial charge on any atom is -0.454 e. The Morgan fingerprint density at radius 2 is 2.38 bits per heavy atom. The molecule has 1 aliphatic heterocycles. The quantitative estimate of drug-likeness (QED) is 0.365. The standard InChI is InChI=1S/C8H11NO3S/c1-2-4-12-8(11)7(10)9-3-5-13-6-9/h2H,1,3-6H2. The number of rotatable bonds is 2. The summed E-state index contributed by atoms with van der Waals surface area (Å²) < 4.78 is 4.61. The van der Waals surface area contributed by atoms with Crippen LogP contribution >= 0.6 is 11.8 Å². The van der Waals surface area contributed by atoms with Crippen LogP contribution in [0, 0.1) is 0 Å². The smallest absolute Gasteiger partial charge is 0.397 e. The maximum Gasteiger partial charge on any atom is 0.397 e. The van der Waals surface area contributed by atoms with Crippen molar-refractivity contribution in [3.63, 3.8) is 0 Å². The van der Waals surface area contributed by atoms with Crippen molar-refractivity contribution in [3.8, 4) is 0 Å². The van der Waals surface area contributed by atoms with Crippen LogP contribution in [0.15, 0.2) is 12.7 Å². The summed E-state index contributed by atoms with van der Waals surface area (Å²) in [7, 11) is 0. The largest absolute Gasteiger partial charge is 0.454 e. The van der Waals surface area contributed by atoms with Crippen LogP contribution in [0.3, 0.4) is 0 Å². The third-order valence-electron chi connectivity index (χ3n) is 1.55. The second-order valence-corrected chi connectivity index (χ2v) is 3.57. The number of thioether (sulfide) groups is 1. The molecule has 72 valence electrons. The van der Waals surface area contributed by atoms with Crippen LogP contribution in [0.25, 0.3) is 0 Å². The van der Waals surface area contributed by atoms with Crippen LogP contribution in [0.5, 0.6) is 0 Å². The summed E-state index contributed by atoms with van der Waals surface area (Å²) in [4.78, 5) is 23.8. The number of carbonyl (C=O) groups excluding carboxylic acids is 2. The lowest BCUT2D eigenvalue weighted by Crippen LogP contribution is -2.35. The Balaban J connectivity index is 2.36. The van der Waals surface area contributed by atoms with Gasteiger partial charge in [0.25, 0.3) is 0 Å². The molecular weight excluding hydrogens is 190 g/mol. The first-order valence-electron chi connectivity index (χ1n) is 3.90. The summed E-state index contributed by atoms with van der Waals surface area (Å²) in [5.41, 5.74) is 0. The van der Waals surface area contributed by atoms with E-state index in [4.69, 9.17) is 0 Å². The molecule has 13 heavy (non-hydrogen) atoms. The summed E-state index contributed by atoms with van der Waals surface area (Å²) in [6, 6.07) is 0. The minimum absolute atomic E-state index is 0.0888. The molecule has 0 aromatic heterocycles. The second kappa shape index (κ2) is 4.91. The molecule has 1 fully saturated rings. The molecule has 0 atom stereocenters. The zero-order valence-corrected chi connectivity index (χ0v) is 8.01. The SMILES string of the molecule is C=CCOC(=O)C(=O)N1CCSC1. The topological polar surface area (TPSA) is 46.6 Å². The maximum absolute atomic E-state index is 11.3. The molecule has 0 aromatic rings. The number of esters is 1. The second-order valence-electron chi connectivity index (χ2n) is 2.49. The zero-order chi connectivity index (χ0) is 9.68. The van der Waals surface area contributed by atoms with E-state index < -0.39 is 11.9 Å². The molecule has 4 nitrogen and oxygen atoms in total. The van der Waals surface area contributed by atoms with Gasteiger partial charge in [0.05, 0.1) is 5.88 Å². The van der Waals surface area contributed by atoms with Gasteiger partial charge in [0.15, 0.2) is 0 Å². The molecule has 0 radical (unpaired) electrons. The predicted molar refractivity (Wildman–Crippen MR) is 50.2 cm³/mol. The van der Waals surface area contributed by atoms with E-state index in [-0.39, 0.29) is 6.61 Å². The Kier molecular flexibility index (Phi) is 3.82. The lowest BCUT2D eigenvalue weighted by molar-refractivity contribution is -0.158. The van der Waals surface area contributed by atoms with E-state index in [9.17, 15) is 9.59 Å². The van der Waals surface area contributed by atoms with Crippen molar-refractivity contribution in [1.29, 1.82) is 0 Å². The first-order chi connectivity index (χ1) is 6.25. The number of hydrogen-bond donors (Lipinski definition) is 0. The van der Waals surface area contributed by atoms with Crippen molar-refractivity contribution in [2.45, 2.75) is 0 Å². The van der Waals surface area contributed by atoms with E-state index in [0.717, 1.165) is 5.75 Å². The van der Waals surface area contributed by atoms with Gasteiger partial charge in [-0.05, 0) is 0 Å². The summed E-state index contributed by atoms with van der Waals surface area (Å²) in [5, 5.41) is 0. The number of nitrogens with zero attached hydrogens (tertiary/aromatic N) is 1. The molecule has 1 rings (SSSR count). The van der Waals surface area contributed by atoms with Crippen molar-refractivity contribution in [2.75, 3.05) is 24.8 Å². The fraction of sp³-hybridized carbons (Fsp3) is 0.500. The van der Waals surface area contributed by atoms with Gasteiger partial charge in [-0.2, -0.15) is 0 Å². The van der Waals surface area contributed by atoms with Gasteiger partial charge in [0.1, 0.15) is 6.61 Å². The van der Waals surface area contributed by atoms with Crippen molar-refractivity contribution in [2.24, 2.45) is 0 Å². The number of carbonyl (C=O) groups is 2. The molecule has 0 aliphatic carbocycles. The van der Waals surface area contributed by atoms with Gasteiger partial charge in [0.2, 0.25) is 0 Å². The zero-order valence-electron chi connectivity index (χ0n) is 7.19. The van der Waals surface area contributed by atoms with Gasteiger partial charge in [-0.3, -0.25) is 4.79 Å². The van der Waals surface area contributed by atoms with E-state index in [0.29, 0.717) is 12.4 Å². The van der Waals surface area contributed by atoms with E-state index in [1.807, 2.05) is 0 Å². The monoisotopic (exact) mass is 201 g/mol. The molecule has 0 N–H and O–H groups in total. The van der Waals surface area contributed by atoms with Crippen LogP contribution in [0.2, 0.25) is 0 Å². The van der Waals surface area contributed by atoms with Crippen LogP contribution in [-0.2, 0) is 14.3 Å². The third kappa shape index (κ3) is 2.77. The highest BCUT2D eigenvalue weighted by Crippen LogP contribution is 2.13. The lowest BCUT2D eigenvalue weighted by Gasteiger charge is -2.12. The fourth-order valence-corrected chi connectivity index (χ4v) is 1.84. The molecule has 1 aliphatic rings. The van der Waals surface area contributed by atoms with Crippen LogP contribution < -0.4 is 0 Å². The fourth-order valence-electron chi connectivity index (χ4n) is 0.900. The normalized spacial score (nSPS) is 15.5. The molecule has 0 spiro atoms. The Hall–Kier alpha value is -0.970. The molecule has 1 amide bonds. The summed E-state index contributed by atoms with van der Waals surface area (Å²) in [6.07, 6.45) is 1.43. The van der Waals surface area contributed by atoms with E-state index >= 15 is 0 Å². The average molecular weight is 201 g/mol. The Labute approximate surface area is 80.9 Å². The molecule has 5 heteroatoms. The summed E-state index contributed by atoms with van der Waals surface area (Å²) in [5.74, 6) is 0.136. The number of amides is 1. The van der Waals surface area contributed by atoms with Gasteiger partial charge in [0, 0.05) is 12.3 Å². The van der Waals surface area contributed by atoms with Crippen LogP contribution in [0.4, 0.5) is 0 Å². The average Bonchev–Trinajstić information content (AvgIpc) is 2.65. The highest BCUT2D eigenvalue weighted by Gasteiger charge is 2.25. The van der Waals surface area contributed by atoms with Gasteiger partial charge >= 0.3 is 11.9 Å². The highest BCUT2D eigenvalue weighted by molar-refractivity contribution is 7.99. The Bertz CT molecular complexity index is 223. The van der Waals surface area contributed by atoms with Gasteiger partial charge in [-0.1, -0.05) is 12.7 Å². The van der Waals surface area contributed by atoms with Crippen molar-refractivity contribution in [3.05, 3.63) is 12.7 Å². The molecule has 1 saturated heterocycles. The van der Waals surface area contributed by atoms with Crippen molar-refractivity contribution < 1.29 is 14.3 Å². The first kappa shape index (κ1) is 10.1. The van der Waals surface area contributed by atoms with Crippen LogP contribution in [0.1, 0.15) is 0 Å². The van der Waals surface area contributed by atoms with Crippen molar-refractivity contribution >= 4 is 23.6 Å². The van der Waals surface area contributed by atoms with Gasteiger partial charge in [-0.25, -0.2) is 4.79 Å². The highest BCUT2D eigenvalue weighted by atomic mass is 32.2. The molecule has 0 unspecified atom stereocenters. The third-order valence-corrected chi connectivity index (χ3v) is 2.51. The summed E-state index contributed by atoms with van der Waals surface area (Å²) in [6.45, 7) is 4.10. The summed E-state index contributed by atoms with van der Waals surface area (Å²) >= 11 is 1.63. The minimum atomic E-state index is -0.789. The molecule has 0 bridgehead atoms. The van der Waals surface area contributed by atoms with E-state index in [1.165, 1.54) is 11.0 Å². The molecular formula is C8H11NO3S. The molecule has 0 aromatic carbocycles. The Morgan fingerprint density at radius 3 is 2.92 bits per heavy atom. The van der Waals surface area contributed by atoms with Crippen molar-refractivity contribution in [1.82, 2.24) is 4.90 Å². The maximum atomic E-state index is 11.3. The van der Waals surface area contributed by atoms with E-state index in [1.54, 1.807) is 11.8 Å². The molecule has 0 saturated carbocycles. The first-order valence-corrected chi connectivity index (χ1v) is 5.06. The van der Waals surface area contributed by atoms with E-state index in [2.05, 4.69) is 11.3 Å². The number of ether oxygens (including phenoxy) is 1. The molecule has 1 heterocycles. The number of hydrogen-bond acceptors (Lipinski definition) is 4. The van der Waals surface area contributed by atoms with Crippen LogP contribution in [-0.4, -0.2) is 41.6 Å². The predicted octanol–water partition coefficient (Wildman–Crippen LogP) is 0.248. The van der Waals surface area contributed by atoms with Gasteiger partial charge < -0.3 is 9.64 Å². The Morgan fingerprint density at radius 1 is 1.62 bits per heavy atom.